The van der Waals surface area contributed by atoms with E-state index in [1.807, 2.05) is 0 Å². The van der Waals surface area contributed by atoms with Crippen molar-refractivity contribution < 1.29 is 19.5 Å². The molecule has 9 nitrogen and oxygen atoms in total. The molecule has 0 spiro atoms. The number of rotatable bonds is 5. The summed E-state index contributed by atoms with van der Waals surface area (Å²) in [7, 11) is 0. The molecule has 1 aliphatic heterocycles. The second kappa shape index (κ2) is 7.12. The molecule has 0 aliphatic carbocycles. The number of hydrogen-bond acceptors (Lipinski definition) is 5. The van der Waals surface area contributed by atoms with E-state index in [0.717, 1.165) is 12.8 Å². The summed E-state index contributed by atoms with van der Waals surface area (Å²) in [6.07, 6.45) is 1.80. The van der Waals surface area contributed by atoms with E-state index in [9.17, 15) is 14.4 Å². The first-order valence-electron chi connectivity index (χ1n) is 7.87. The maximum Gasteiger partial charge on any atom is 0.335 e. The summed E-state index contributed by atoms with van der Waals surface area (Å²) in [4.78, 5) is 41.1. The number of aromatic nitrogens is 3. The monoisotopic (exact) mass is 343 g/mol. The molecule has 1 saturated heterocycles. The lowest BCUT2D eigenvalue weighted by Crippen LogP contribution is -2.28. The fraction of sp³-hybridized carbons (Fsp3) is 0.312. The van der Waals surface area contributed by atoms with Gasteiger partial charge in [0.1, 0.15) is 0 Å². The topological polar surface area (TPSA) is 128 Å². The Morgan fingerprint density at radius 1 is 1.20 bits per heavy atom. The molecule has 0 saturated carbocycles. The molecule has 0 atom stereocenters. The number of carbonyl (C=O) groups excluding carboxylic acids is 2. The Hall–Kier alpha value is -3.23. The van der Waals surface area contributed by atoms with Crippen LogP contribution in [0.5, 0.6) is 0 Å². The average molecular weight is 343 g/mol. The number of nitrogens with zero attached hydrogens (tertiary/aromatic N) is 3. The van der Waals surface area contributed by atoms with E-state index in [0.29, 0.717) is 18.7 Å². The number of carboxylic acids is 1. The zero-order valence-corrected chi connectivity index (χ0v) is 13.4. The minimum absolute atomic E-state index is 0.0136. The second-order valence-corrected chi connectivity index (χ2v) is 5.69. The van der Waals surface area contributed by atoms with E-state index < -0.39 is 11.9 Å². The van der Waals surface area contributed by atoms with Crippen molar-refractivity contribution in [1.82, 2.24) is 20.1 Å². The van der Waals surface area contributed by atoms with Gasteiger partial charge < -0.3 is 10.0 Å². The second-order valence-electron chi connectivity index (χ2n) is 5.69. The Morgan fingerprint density at radius 3 is 2.64 bits per heavy atom. The first kappa shape index (κ1) is 16.6. The van der Waals surface area contributed by atoms with Crippen LogP contribution in [-0.4, -0.2) is 56.1 Å². The molecule has 0 radical (unpaired) electrons. The summed E-state index contributed by atoms with van der Waals surface area (Å²) in [6.45, 7) is 1.38. The molecule has 0 unspecified atom stereocenters. The molecule has 25 heavy (non-hydrogen) atoms. The third-order valence-electron chi connectivity index (χ3n) is 3.93. The van der Waals surface area contributed by atoms with Crippen LogP contribution in [0.15, 0.2) is 24.3 Å². The van der Waals surface area contributed by atoms with Crippen LogP contribution in [0.1, 0.15) is 39.4 Å². The normalized spacial score (nSPS) is 13.7. The highest BCUT2D eigenvalue weighted by atomic mass is 16.4. The SMILES string of the molecule is O=C(Cc1ccccc1C(=O)O)Nc1n[nH]c(C(=O)N2CCCC2)n1. The van der Waals surface area contributed by atoms with Gasteiger partial charge in [0.05, 0.1) is 12.0 Å². The van der Waals surface area contributed by atoms with Crippen LogP contribution >= 0.6 is 0 Å². The molecular formula is C16H17N5O4. The van der Waals surface area contributed by atoms with Gasteiger partial charge in [-0.25, -0.2) is 4.79 Å². The minimum Gasteiger partial charge on any atom is -0.478 e. The van der Waals surface area contributed by atoms with Gasteiger partial charge in [-0.15, -0.1) is 5.10 Å². The number of aromatic amines is 1. The van der Waals surface area contributed by atoms with Crippen LogP contribution in [0, 0.1) is 0 Å². The van der Waals surface area contributed by atoms with Crippen LogP contribution in [-0.2, 0) is 11.2 Å². The van der Waals surface area contributed by atoms with Crippen LogP contribution in [0.3, 0.4) is 0 Å². The van der Waals surface area contributed by atoms with E-state index in [1.165, 1.54) is 6.07 Å². The Morgan fingerprint density at radius 2 is 1.92 bits per heavy atom. The maximum absolute atomic E-state index is 12.2. The highest BCUT2D eigenvalue weighted by molar-refractivity contribution is 5.96. The predicted octanol–water partition coefficient (Wildman–Crippen LogP) is 0.920. The standard InChI is InChI=1S/C16H17N5O4/c22-12(9-10-5-1-2-6-11(10)15(24)25)17-16-18-13(19-20-16)14(23)21-7-3-4-8-21/h1-2,5-6H,3-4,7-9H2,(H,24,25)(H2,17,18,19,20,22). The smallest absolute Gasteiger partial charge is 0.335 e. The summed E-state index contributed by atoms with van der Waals surface area (Å²) in [5.74, 6) is -1.75. The van der Waals surface area contributed by atoms with E-state index >= 15 is 0 Å². The molecule has 0 bridgehead atoms. The molecule has 2 aromatic rings. The van der Waals surface area contributed by atoms with Gasteiger partial charge in [-0.2, -0.15) is 4.98 Å². The van der Waals surface area contributed by atoms with Gasteiger partial charge in [-0.1, -0.05) is 18.2 Å². The maximum atomic E-state index is 12.2. The highest BCUT2D eigenvalue weighted by Crippen LogP contribution is 2.12. The number of carboxylic acid groups (broad SMARTS) is 1. The third-order valence-corrected chi connectivity index (χ3v) is 3.93. The molecule has 130 valence electrons. The quantitative estimate of drug-likeness (QED) is 0.740. The van der Waals surface area contributed by atoms with Gasteiger partial charge in [0, 0.05) is 13.1 Å². The van der Waals surface area contributed by atoms with E-state index in [1.54, 1.807) is 23.1 Å². The predicted molar refractivity (Wildman–Crippen MR) is 87.3 cm³/mol. The lowest BCUT2D eigenvalue weighted by molar-refractivity contribution is -0.115. The molecule has 1 aromatic heterocycles. The summed E-state index contributed by atoms with van der Waals surface area (Å²) < 4.78 is 0. The van der Waals surface area contributed by atoms with E-state index in [2.05, 4.69) is 20.5 Å². The Bertz CT molecular complexity index is 810. The first-order chi connectivity index (χ1) is 12.0. The van der Waals surface area contributed by atoms with Crippen molar-refractivity contribution in [1.29, 1.82) is 0 Å². The number of H-pyrrole nitrogens is 1. The van der Waals surface area contributed by atoms with Crippen molar-refractivity contribution in [3.05, 3.63) is 41.2 Å². The number of aromatic carboxylic acids is 1. The van der Waals surface area contributed by atoms with Crippen molar-refractivity contribution in [3.8, 4) is 0 Å². The van der Waals surface area contributed by atoms with Gasteiger partial charge in [-0.05, 0) is 24.5 Å². The van der Waals surface area contributed by atoms with E-state index in [-0.39, 0.29) is 29.7 Å². The van der Waals surface area contributed by atoms with Crippen molar-refractivity contribution in [2.75, 3.05) is 18.4 Å². The lowest BCUT2D eigenvalue weighted by Gasteiger charge is -2.12. The summed E-state index contributed by atoms with van der Waals surface area (Å²) >= 11 is 0. The molecular weight excluding hydrogens is 326 g/mol. The first-order valence-corrected chi connectivity index (χ1v) is 7.87. The summed E-state index contributed by atoms with van der Waals surface area (Å²) in [5.41, 5.74) is 0.453. The van der Waals surface area contributed by atoms with Gasteiger partial charge in [0.25, 0.3) is 5.91 Å². The molecule has 2 heterocycles. The molecule has 1 aliphatic rings. The fourth-order valence-corrected chi connectivity index (χ4v) is 2.71. The van der Waals surface area contributed by atoms with Crippen molar-refractivity contribution in [3.63, 3.8) is 0 Å². The summed E-state index contributed by atoms with van der Waals surface area (Å²) in [6, 6.07) is 6.26. The summed E-state index contributed by atoms with van der Waals surface area (Å²) in [5, 5.41) is 17.9. The molecule has 9 heteroatoms. The number of anilines is 1. The fourth-order valence-electron chi connectivity index (χ4n) is 2.71. The van der Waals surface area contributed by atoms with Gasteiger partial charge >= 0.3 is 5.97 Å². The van der Waals surface area contributed by atoms with Crippen LogP contribution in [0.25, 0.3) is 0 Å². The van der Waals surface area contributed by atoms with Gasteiger partial charge in [0.15, 0.2) is 0 Å². The molecule has 1 fully saturated rings. The van der Waals surface area contributed by atoms with E-state index in [4.69, 9.17) is 5.11 Å². The lowest BCUT2D eigenvalue weighted by atomic mass is 10.0. The molecule has 2 amide bonds. The Kier molecular flexibility index (Phi) is 4.73. The molecule has 3 N–H and O–H groups in total. The van der Waals surface area contributed by atoms with Crippen molar-refractivity contribution in [2.45, 2.75) is 19.3 Å². The largest absolute Gasteiger partial charge is 0.478 e. The number of benzene rings is 1. The Labute approximate surface area is 143 Å². The number of nitrogens with one attached hydrogen (secondary N) is 2. The number of carbonyl (C=O) groups is 3. The zero-order valence-electron chi connectivity index (χ0n) is 13.4. The third kappa shape index (κ3) is 3.82. The van der Waals surface area contributed by atoms with Crippen LogP contribution in [0.2, 0.25) is 0 Å². The average Bonchev–Trinajstić information content (AvgIpc) is 3.26. The molecule has 1 aromatic carbocycles. The molecule has 3 rings (SSSR count). The van der Waals surface area contributed by atoms with Gasteiger partial charge in [0.2, 0.25) is 17.7 Å². The number of likely N-dealkylation sites (tertiary alicyclic amines) is 1. The number of amides is 2. The van der Waals surface area contributed by atoms with Crippen LogP contribution < -0.4 is 5.32 Å². The highest BCUT2D eigenvalue weighted by Gasteiger charge is 2.23. The minimum atomic E-state index is -1.10. The van der Waals surface area contributed by atoms with Gasteiger partial charge in [-0.3, -0.25) is 20.0 Å². The zero-order chi connectivity index (χ0) is 17.8. The van der Waals surface area contributed by atoms with Crippen LogP contribution in [0.4, 0.5) is 5.95 Å². The van der Waals surface area contributed by atoms with Crippen molar-refractivity contribution >= 4 is 23.7 Å². The number of hydrogen-bond donors (Lipinski definition) is 3. The van der Waals surface area contributed by atoms with Crippen molar-refractivity contribution in [2.24, 2.45) is 0 Å². The Balaban J connectivity index is 1.64.